The second-order valence-electron chi connectivity index (χ2n) is 3.56. The lowest BCUT2D eigenvalue weighted by atomic mass is 10.1. The van der Waals surface area contributed by atoms with E-state index in [0.29, 0.717) is 12.6 Å². The number of ether oxygens (including phenoxy) is 2. The zero-order valence-electron chi connectivity index (χ0n) is 9.02. The molecule has 0 spiro atoms. The maximum atomic E-state index is 11.0. The lowest BCUT2D eigenvalue weighted by Gasteiger charge is -2.17. The van der Waals surface area contributed by atoms with Gasteiger partial charge in [-0.3, -0.25) is 4.79 Å². The molecule has 1 aliphatic heterocycles. The van der Waals surface area contributed by atoms with Crippen molar-refractivity contribution in [2.24, 2.45) is 0 Å². The summed E-state index contributed by atoms with van der Waals surface area (Å²) in [6.07, 6.45) is 2.58. The highest BCUT2D eigenvalue weighted by Crippen LogP contribution is 2.11. The third-order valence-electron chi connectivity index (χ3n) is 2.06. The fourth-order valence-corrected chi connectivity index (χ4v) is 1.30. The van der Waals surface area contributed by atoms with Crippen LogP contribution in [0.5, 0.6) is 0 Å². The van der Waals surface area contributed by atoms with Crippen molar-refractivity contribution < 1.29 is 19.4 Å². The van der Waals surface area contributed by atoms with Crippen molar-refractivity contribution in [1.29, 1.82) is 5.26 Å². The van der Waals surface area contributed by atoms with Crippen LogP contribution in [0.25, 0.3) is 0 Å². The Balaban J connectivity index is 2.19. The first-order valence-corrected chi connectivity index (χ1v) is 5.25. The van der Waals surface area contributed by atoms with Gasteiger partial charge in [0.1, 0.15) is 12.4 Å². The van der Waals surface area contributed by atoms with Gasteiger partial charge in [-0.2, -0.15) is 5.26 Å². The van der Waals surface area contributed by atoms with E-state index in [9.17, 15) is 9.90 Å². The topological polar surface area (TPSA) is 79.6 Å². The zero-order valence-corrected chi connectivity index (χ0v) is 9.02. The Hall–Kier alpha value is -1.54. The van der Waals surface area contributed by atoms with Crippen molar-refractivity contribution in [1.82, 2.24) is 0 Å². The Morgan fingerprint density at radius 3 is 3.19 bits per heavy atom. The van der Waals surface area contributed by atoms with E-state index in [1.807, 2.05) is 6.08 Å². The minimum absolute atomic E-state index is 0.0169. The quantitative estimate of drug-likeness (QED) is 0.726. The minimum atomic E-state index is -0.882. The van der Waals surface area contributed by atoms with Crippen LogP contribution in [0.2, 0.25) is 0 Å². The second-order valence-corrected chi connectivity index (χ2v) is 3.56. The number of allylic oxidation sites excluding steroid dienone is 1. The highest BCUT2D eigenvalue weighted by Gasteiger charge is 2.13. The molecule has 1 rings (SSSR count). The van der Waals surface area contributed by atoms with E-state index in [0.717, 1.165) is 12.8 Å². The van der Waals surface area contributed by atoms with Crippen LogP contribution in [0.4, 0.5) is 0 Å². The number of nitrogens with zero attached hydrogens (tertiary/aromatic N) is 1. The van der Waals surface area contributed by atoms with Gasteiger partial charge in [0.2, 0.25) is 0 Å². The number of aliphatic hydroxyl groups is 1. The average Bonchev–Trinajstić information content (AvgIpc) is 2.28. The van der Waals surface area contributed by atoms with Gasteiger partial charge in [0, 0.05) is 6.42 Å². The molecule has 0 aromatic rings. The third kappa shape index (κ3) is 4.80. The lowest BCUT2D eigenvalue weighted by Crippen LogP contribution is -2.20. The molecule has 16 heavy (non-hydrogen) atoms. The average molecular weight is 225 g/mol. The molecule has 1 unspecified atom stereocenters. The molecular formula is C11H15NO4. The van der Waals surface area contributed by atoms with Crippen molar-refractivity contribution in [3.05, 3.63) is 12.0 Å². The number of ketones is 1. The molecule has 0 aliphatic carbocycles. The summed E-state index contributed by atoms with van der Waals surface area (Å²) in [7, 11) is 0. The van der Waals surface area contributed by atoms with Crippen LogP contribution in [-0.4, -0.2) is 30.2 Å². The summed E-state index contributed by atoms with van der Waals surface area (Å²) in [4.78, 5) is 11.0. The van der Waals surface area contributed by atoms with Crippen molar-refractivity contribution in [3.63, 3.8) is 0 Å². The van der Waals surface area contributed by atoms with E-state index < -0.39 is 6.10 Å². The van der Waals surface area contributed by atoms with Gasteiger partial charge in [-0.25, -0.2) is 0 Å². The number of nitriles is 1. The molecule has 0 fully saturated rings. The number of carbonyl (C=O) groups is 1. The van der Waals surface area contributed by atoms with Gasteiger partial charge in [-0.05, 0) is 18.9 Å². The summed E-state index contributed by atoms with van der Waals surface area (Å²) >= 11 is 0. The van der Waals surface area contributed by atoms with Crippen molar-refractivity contribution in [2.45, 2.75) is 31.8 Å². The van der Waals surface area contributed by atoms with Gasteiger partial charge in [0.15, 0.2) is 0 Å². The summed E-state index contributed by atoms with van der Waals surface area (Å²) in [5, 5.41) is 17.7. The Morgan fingerprint density at radius 1 is 1.75 bits per heavy atom. The van der Waals surface area contributed by atoms with E-state index >= 15 is 0 Å². The molecule has 0 aromatic carbocycles. The van der Waals surface area contributed by atoms with E-state index in [4.69, 9.17) is 14.7 Å². The summed E-state index contributed by atoms with van der Waals surface area (Å²) in [6.45, 7) is 0.637. The Kier molecular flexibility index (Phi) is 5.37. The van der Waals surface area contributed by atoms with Crippen molar-refractivity contribution >= 4 is 5.78 Å². The van der Waals surface area contributed by atoms with Gasteiger partial charge >= 0.3 is 0 Å². The van der Waals surface area contributed by atoms with Gasteiger partial charge in [-0.1, -0.05) is 0 Å². The predicted molar refractivity (Wildman–Crippen MR) is 55.1 cm³/mol. The van der Waals surface area contributed by atoms with Crippen LogP contribution >= 0.6 is 0 Å². The Labute approximate surface area is 94.3 Å². The van der Waals surface area contributed by atoms with Crippen LogP contribution in [0.15, 0.2) is 12.0 Å². The lowest BCUT2D eigenvalue weighted by molar-refractivity contribution is -0.121. The zero-order chi connectivity index (χ0) is 11.8. The molecule has 0 saturated heterocycles. The molecule has 0 bridgehead atoms. The Morgan fingerprint density at radius 2 is 2.56 bits per heavy atom. The molecule has 1 atom stereocenters. The monoisotopic (exact) mass is 225 g/mol. The van der Waals surface area contributed by atoms with E-state index in [1.54, 1.807) is 6.07 Å². The third-order valence-corrected chi connectivity index (χ3v) is 2.06. The number of Topliss-reactive ketones (excluding diaryl/α,β-unsaturated/α-hetero) is 1. The fourth-order valence-electron chi connectivity index (χ4n) is 1.30. The molecule has 5 nitrogen and oxygen atoms in total. The highest BCUT2D eigenvalue weighted by molar-refractivity contribution is 5.80. The summed E-state index contributed by atoms with van der Waals surface area (Å²) in [6, 6.07) is 1.74. The van der Waals surface area contributed by atoms with Crippen LogP contribution in [0.3, 0.4) is 0 Å². The smallest absolute Gasteiger partial charge is 0.274 e. The van der Waals surface area contributed by atoms with Gasteiger partial charge in [-0.15, -0.1) is 0 Å². The van der Waals surface area contributed by atoms with Gasteiger partial charge in [0.05, 0.1) is 25.2 Å². The van der Waals surface area contributed by atoms with Crippen LogP contribution < -0.4 is 0 Å². The van der Waals surface area contributed by atoms with Crippen molar-refractivity contribution in [2.75, 3.05) is 13.2 Å². The standard InChI is InChI=1S/C11H15NO4/c12-5-4-9(13)7-10(14)8-16-11-3-1-2-6-15-11/h3,10,14H,1-2,4,6-8H2. The summed E-state index contributed by atoms with van der Waals surface area (Å²) in [5.74, 6) is 0.134. The maximum absolute atomic E-state index is 11.0. The van der Waals surface area contributed by atoms with Crippen LogP contribution in [0, 0.1) is 11.3 Å². The first-order valence-electron chi connectivity index (χ1n) is 5.25. The maximum Gasteiger partial charge on any atom is 0.274 e. The van der Waals surface area contributed by atoms with Crippen LogP contribution in [0.1, 0.15) is 25.7 Å². The second kappa shape index (κ2) is 6.85. The largest absolute Gasteiger partial charge is 0.466 e. The molecular weight excluding hydrogens is 210 g/mol. The molecule has 1 aliphatic rings. The minimum Gasteiger partial charge on any atom is -0.466 e. The van der Waals surface area contributed by atoms with Gasteiger partial charge < -0.3 is 14.6 Å². The highest BCUT2D eigenvalue weighted by atomic mass is 16.7. The Bertz CT molecular complexity index is 306. The SMILES string of the molecule is N#CCC(=O)CC(O)COC1=CCCCO1. The number of hydrogen-bond donors (Lipinski definition) is 1. The number of carbonyl (C=O) groups excluding carboxylic acids is 1. The molecule has 0 amide bonds. The molecule has 0 saturated carbocycles. The van der Waals surface area contributed by atoms with Gasteiger partial charge in [0.25, 0.3) is 5.95 Å². The van der Waals surface area contributed by atoms with E-state index in [1.165, 1.54) is 0 Å². The first kappa shape index (κ1) is 12.5. The number of hydrogen-bond acceptors (Lipinski definition) is 5. The van der Waals surface area contributed by atoms with Crippen LogP contribution in [-0.2, 0) is 14.3 Å². The first-order chi connectivity index (χ1) is 7.72. The summed E-state index contributed by atoms with van der Waals surface area (Å²) < 4.78 is 10.3. The fraction of sp³-hybridized carbons (Fsp3) is 0.636. The molecule has 0 radical (unpaired) electrons. The van der Waals surface area contributed by atoms with E-state index in [2.05, 4.69) is 0 Å². The molecule has 5 heteroatoms. The van der Waals surface area contributed by atoms with E-state index in [-0.39, 0.29) is 25.2 Å². The summed E-state index contributed by atoms with van der Waals surface area (Å²) in [5.41, 5.74) is 0. The number of rotatable bonds is 6. The van der Waals surface area contributed by atoms with Crippen molar-refractivity contribution in [3.8, 4) is 6.07 Å². The normalized spacial score (nSPS) is 16.6. The number of aliphatic hydroxyl groups excluding tert-OH is 1. The predicted octanol–water partition coefficient (Wildman–Crippen LogP) is 0.889. The molecule has 88 valence electrons. The molecule has 1 heterocycles. The molecule has 0 aromatic heterocycles. The molecule has 1 N–H and O–H groups in total.